The number of carbonyl (C=O) groups excluding carboxylic acids is 3. The summed E-state index contributed by atoms with van der Waals surface area (Å²) in [6.45, 7) is 7.69. The highest BCUT2D eigenvalue weighted by Gasteiger charge is 2.25. The molecule has 0 atom stereocenters. The Labute approximate surface area is 241 Å². The van der Waals surface area contributed by atoms with Crippen molar-refractivity contribution in [1.82, 2.24) is 15.2 Å². The van der Waals surface area contributed by atoms with Gasteiger partial charge >= 0.3 is 0 Å². The van der Waals surface area contributed by atoms with Crippen molar-refractivity contribution in [2.45, 2.75) is 39.5 Å². The Morgan fingerprint density at radius 3 is 2.56 bits per heavy atom. The first-order valence-electron chi connectivity index (χ1n) is 14.3. The zero-order chi connectivity index (χ0) is 29.4. The number of amidine groups is 1. The van der Waals surface area contributed by atoms with E-state index >= 15 is 0 Å². The van der Waals surface area contributed by atoms with E-state index < -0.39 is 0 Å². The van der Waals surface area contributed by atoms with Gasteiger partial charge in [0.25, 0.3) is 5.91 Å². The van der Waals surface area contributed by atoms with Crippen molar-refractivity contribution >= 4 is 46.8 Å². The molecule has 1 fully saturated rings. The van der Waals surface area contributed by atoms with E-state index in [4.69, 9.17) is 11.5 Å². The highest BCUT2D eigenvalue weighted by molar-refractivity contribution is 6.07. The van der Waals surface area contributed by atoms with Crippen LogP contribution in [0.25, 0.3) is 6.08 Å². The topological polar surface area (TPSA) is 159 Å². The van der Waals surface area contributed by atoms with Gasteiger partial charge in [-0.05, 0) is 56.5 Å². The first-order chi connectivity index (χ1) is 19.8. The van der Waals surface area contributed by atoms with Gasteiger partial charge in [0, 0.05) is 68.3 Å². The fraction of sp³-hybridized carbons (Fsp3) is 0.433. The van der Waals surface area contributed by atoms with Crippen LogP contribution < -0.4 is 27.0 Å². The summed E-state index contributed by atoms with van der Waals surface area (Å²) in [5.41, 5.74) is 14.5. The van der Waals surface area contributed by atoms with Crippen molar-refractivity contribution < 1.29 is 14.4 Å². The van der Waals surface area contributed by atoms with Gasteiger partial charge in [0.15, 0.2) is 0 Å². The minimum atomic E-state index is -0.301. The number of rotatable bonds is 10. The number of carbonyl (C=O) groups is 3. The van der Waals surface area contributed by atoms with Crippen LogP contribution in [-0.2, 0) is 9.59 Å². The van der Waals surface area contributed by atoms with Crippen molar-refractivity contribution in [1.29, 1.82) is 0 Å². The summed E-state index contributed by atoms with van der Waals surface area (Å²) in [7, 11) is 0. The van der Waals surface area contributed by atoms with E-state index in [2.05, 4.69) is 25.5 Å². The number of nitrogens with two attached hydrogens (primary N) is 2. The molecule has 2 aromatic rings. The summed E-state index contributed by atoms with van der Waals surface area (Å²) in [6, 6.07) is 8.87. The number of anilines is 2. The third-order valence-electron chi connectivity index (χ3n) is 7.33. The molecule has 0 radical (unpaired) electrons. The van der Waals surface area contributed by atoms with Crippen LogP contribution in [0, 0.1) is 5.92 Å². The number of nitrogens with zero attached hydrogens (tertiary/aromatic N) is 4. The van der Waals surface area contributed by atoms with Crippen LogP contribution in [0.2, 0.25) is 0 Å². The van der Waals surface area contributed by atoms with E-state index in [1.165, 1.54) is 0 Å². The number of piperidine rings is 1. The van der Waals surface area contributed by atoms with E-state index in [1.54, 1.807) is 29.3 Å². The molecule has 3 amide bonds. The highest BCUT2D eigenvalue weighted by atomic mass is 16.2. The number of amides is 3. The molecule has 0 unspecified atom stereocenters. The molecular formula is C30H40N8O3. The quantitative estimate of drug-likeness (QED) is 0.348. The SMILES string of the molecule is CCCN(CC)C(=O)C1=Cc2ccc(C(=O)Nc3ccc(N4CCC(C(=O)NCCN)CC4)nc3)cc2N=C(N)C1. The Morgan fingerprint density at radius 1 is 1.12 bits per heavy atom. The summed E-state index contributed by atoms with van der Waals surface area (Å²) in [5.74, 6) is 0.837. The summed E-state index contributed by atoms with van der Waals surface area (Å²) in [5, 5.41) is 5.75. The average molecular weight is 561 g/mol. The molecule has 2 aliphatic rings. The van der Waals surface area contributed by atoms with Gasteiger partial charge in [-0.1, -0.05) is 13.0 Å². The largest absolute Gasteiger partial charge is 0.387 e. The molecule has 1 saturated heterocycles. The van der Waals surface area contributed by atoms with Crippen LogP contribution in [0.15, 0.2) is 47.1 Å². The normalized spacial score (nSPS) is 15.2. The number of benzene rings is 1. The van der Waals surface area contributed by atoms with E-state index in [-0.39, 0.29) is 30.1 Å². The smallest absolute Gasteiger partial charge is 0.255 e. The monoisotopic (exact) mass is 560 g/mol. The summed E-state index contributed by atoms with van der Waals surface area (Å²) in [6.07, 6.45) is 6.08. The zero-order valence-corrected chi connectivity index (χ0v) is 23.9. The Morgan fingerprint density at radius 2 is 1.90 bits per heavy atom. The van der Waals surface area contributed by atoms with Crippen molar-refractivity contribution in [2.75, 3.05) is 49.5 Å². The Bertz CT molecular complexity index is 1310. The van der Waals surface area contributed by atoms with E-state index in [0.717, 1.165) is 43.7 Å². The van der Waals surface area contributed by atoms with E-state index in [9.17, 15) is 14.4 Å². The lowest BCUT2D eigenvalue weighted by Gasteiger charge is -2.32. The van der Waals surface area contributed by atoms with E-state index in [1.807, 2.05) is 32.1 Å². The van der Waals surface area contributed by atoms with Crippen molar-refractivity contribution in [3.63, 3.8) is 0 Å². The highest BCUT2D eigenvalue weighted by Crippen LogP contribution is 2.29. The summed E-state index contributed by atoms with van der Waals surface area (Å²) >= 11 is 0. The summed E-state index contributed by atoms with van der Waals surface area (Å²) in [4.78, 5) is 51.3. The van der Waals surface area contributed by atoms with Gasteiger partial charge in [-0.15, -0.1) is 0 Å². The van der Waals surface area contributed by atoms with Crippen molar-refractivity contribution in [2.24, 2.45) is 22.4 Å². The van der Waals surface area contributed by atoms with Crippen LogP contribution in [0.3, 0.4) is 0 Å². The minimum absolute atomic E-state index is 0.00776. The van der Waals surface area contributed by atoms with Gasteiger partial charge < -0.3 is 31.9 Å². The van der Waals surface area contributed by atoms with E-state index in [0.29, 0.717) is 54.5 Å². The molecule has 6 N–H and O–H groups in total. The van der Waals surface area contributed by atoms with Crippen LogP contribution in [0.4, 0.5) is 17.2 Å². The predicted octanol–water partition coefficient (Wildman–Crippen LogP) is 2.66. The van der Waals surface area contributed by atoms with Crippen molar-refractivity contribution in [3.05, 3.63) is 53.2 Å². The first kappa shape index (κ1) is 29.7. The number of likely N-dealkylation sites (N-methyl/N-ethyl adjacent to an activating group) is 1. The zero-order valence-electron chi connectivity index (χ0n) is 23.9. The predicted molar refractivity (Wildman–Crippen MR) is 162 cm³/mol. The third-order valence-corrected chi connectivity index (χ3v) is 7.33. The maximum Gasteiger partial charge on any atom is 0.255 e. The summed E-state index contributed by atoms with van der Waals surface area (Å²) < 4.78 is 0. The fourth-order valence-corrected chi connectivity index (χ4v) is 5.11. The lowest BCUT2D eigenvalue weighted by atomic mass is 9.96. The fourth-order valence-electron chi connectivity index (χ4n) is 5.11. The van der Waals surface area contributed by atoms with Gasteiger partial charge in [-0.25, -0.2) is 9.98 Å². The molecule has 1 aromatic carbocycles. The first-order valence-corrected chi connectivity index (χ1v) is 14.3. The van der Waals surface area contributed by atoms with Gasteiger partial charge in [0.05, 0.1) is 17.6 Å². The second kappa shape index (κ2) is 13.9. The standard InChI is InChI=1S/C30H40N8O3/c1-3-13-37(4-2)30(41)23-16-21-5-6-22(17-25(21)36-26(32)18-23)29(40)35-24-7-8-27(34-19-24)38-14-9-20(10-15-38)28(39)33-12-11-31/h5-8,16-17,19-20H,3-4,9-15,18,31H2,1-2H3,(H2,32,36)(H,33,39)(H,35,40). The van der Waals surface area contributed by atoms with Gasteiger partial charge in [-0.2, -0.15) is 0 Å². The number of pyridine rings is 1. The molecule has 4 rings (SSSR count). The number of aliphatic imine (C=N–C) groups is 1. The molecule has 11 nitrogen and oxygen atoms in total. The molecular weight excluding hydrogens is 520 g/mol. The maximum atomic E-state index is 13.1. The maximum absolute atomic E-state index is 13.1. The second-order valence-electron chi connectivity index (χ2n) is 10.3. The number of fused-ring (bicyclic) bond motifs is 1. The minimum Gasteiger partial charge on any atom is -0.387 e. The Hall–Kier alpha value is -4.25. The molecule has 218 valence electrons. The Balaban J connectivity index is 1.39. The number of hydrogen-bond donors (Lipinski definition) is 4. The lowest BCUT2D eigenvalue weighted by molar-refractivity contribution is -0.127. The lowest BCUT2D eigenvalue weighted by Crippen LogP contribution is -2.42. The molecule has 2 aliphatic heterocycles. The van der Waals surface area contributed by atoms with Crippen LogP contribution in [-0.4, -0.2) is 72.7 Å². The Kier molecular flexibility index (Phi) is 10.1. The third kappa shape index (κ3) is 7.49. The number of nitrogens with one attached hydrogen (secondary N) is 2. The molecule has 3 heterocycles. The van der Waals surface area contributed by atoms with Crippen molar-refractivity contribution in [3.8, 4) is 0 Å². The van der Waals surface area contributed by atoms with Gasteiger partial charge in [-0.3, -0.25) is 14.4 Å². The molecule has 0 bridgehead atoms. The van der Waals surface area contributed by atoms with Crippen LogP contribution in [0.5, 0.6) is 0 Å². The van der Waals surface area contributed by atoms with Gasteiger partial charge in [0.1, 0.15) is 11.7 Å². The van der Waals surface area contributed by atoms with Crippen LogP contribution in [0.1, 0.15) is 55.5 Å². The molecule has 41 heavy (non-hydrogen) atoms. The second-order valence-corrected chi connectivity index (χ2v) is 10.3. The molecule has 11 heteroatoms. The van der Waals surface area contributed by atoms with Gasteiger partial charge in [0.2, 0.25) is 11.8 Å². The molecule has 0 aliphatic carbocycles. The van der Waals surface area contributed by atoms with Crippen LogP contribution >= 0.6 is 0 Å². The average Bonchev–Trinajstić information content (AvgIpc) is 3.16. The molecule has 0 saturated carbocycles. The molecule has 1 aromatic heterocycles. The number of hydrogen-bond acceptors (Lipinski definition) is 8. The number of aromatic nitrogens is 1. The molecule has 0 spiro atoms.